The molecule has 1 aromatic carbocycles. The molecule has 1 fully saturated rings. The molecule has 3 unspecified atom stereocenters. The molecule has 3 heterocycles. The van der Waals surface area contributed by atoms with Gasteiger partial charge in [0.25, 0.3) is 0 Å². The van der Waals surface area contributed by atoms with Crippen LogP contribution in [0.1, 0.15) is 27.0 Å². The number of anilines is 1. The Kier molecular flexibility index (Phi) is 11.3. The number of hydrogen-bond donors (Lipinski definition) is 5. The first-order valence-electron chi connectivity index (χ1n) is 13.1. The molecule has 19 nitrogen and oxygen atoms in total. The van der Waals surface area contributed by atoms with Gasteiger partial charge in [-0.15, -0.1) is 0 Å². The number of alkyl halides is 1. The van der Waals surface area contributed by atoms with E-state index in [0.717, 1.165) is 10.9 Å². The molecule has 0 bridgehead atoms. The molecule has 3 aromatic rings. The Hall–Kier alpha value is -2.57. The van der Waals surface area contributed by atoms with E-state index in [2.05, 4.69) is 33.2 Å². The molecule has 0 radical (unpaired) electrons. The highest BCUT2D eigenvalue weighted by molar-refractivity contribution is 7.68. The maximum atomic E-state index is 15.1. The molecule has 24 heteroatoms. The van der Waals surface area contributed by atoms with Crippen molar-refractivity contribution in [2.24, 2.45) is 0 Å². The van der Waals surface area contributed by atoms with Crippen LogP contribution in [-0.2, 0) is 41.1 Å². The van der Waals surface area contributed by atoms with Crippen LogP contribution in [0, 0.1) is 0 Å². The number of aromatic nitrogens is 4. The summed E-state index contributed by atoms with van der Waals surface area (Å²) in [5, 5.41) is 12.2. The molecule has 2 aromatic heterocycles. The fraction of sp³-hybridized carbons (Fsp3) is 0.455. The van der Waals surface area contributed by atoms with Crippen LogP contribution in [0.2, 0.25) is 5.28 Å². The number of para-hydroxylation sites is 1. The van der Waals surface area contributed by atoms with Gasteiger partial charge >= 0.3 is 29.4 Å². The summed E-state index contributed by atoms with van der Waals surface area (Å²) in [4.78, 5) is 44.3. The summed E-state index contributed by atoms with van der Waals surface area (Å²) in [5.74, 6) is -1.21. The molecular weight excluding hydrogens is 704 g/mol. The third-order valence-corrected chi connectivity index (χ3v) is 11.0. The number of nitrogens with one attached hydrogen (secondary N) is 1. The van der Waals surface area contributed by atoms with E-state index in [9.17, 15) is 33.4 Å². The van der Waals surface area contributed by atoms with Crippen LogP contribution in [0.15, 0.2) is 36.7 Å². The van der Waals surface area contributed by atoms with Gasteiger partial charge in [0.1, 0.15) is 29.5 Å². The van der Waals surface area contributed by atoms with Crippen molar-refractivity contribution in [3.63, 3.8) is 0 Å². The number of halogens is 2. The van der Waals surface area contributed by atoms with Crippen LogP contribution in [0.3, 0.4) is 0 Å². The highest BCUT2D eigenvalue weighted by Crippen LogP contribution is 2.67. The lowest BCUT2D eigenvalue weighted by atomic mass is 10.1. The van der Waals surface area contributed by atoms with Gasteiger partial charge in [0.05, 0.1) is 19.0 Å². The van der Waals surface area contributed by atoms with Crippen molar-refractivity contribution in [3.8, 4) is 5.75 Å². The Morgan fingerprint density at radius 1 is 1.15 bits per heavy atom. The quantitative estimate of drug-likeness (QED) is 0.0905. The third kappa shape index (κ3) is 9.07. The standard InChI is InChI=1S/C22H29ClFN6O13P3/c1-11(2)39-21(32)12(3)29-44(33,41-13-7-5-4-6-8-13)42-46(36,37)43-45(34,35)38-9-14-17(31)15(24)20(40-14)30-10-26-16-18(25)27-22(23)28-19(16)30/h4-8,10-12,14-15,17,20,31H,9H2,1-3H3,(H,29,33)(H,34,35)(H,36,37)(H2,25,27,28)/t12-,14+,15-,17+,20+,44?/m0/s1. The van der Waals surface area contributed by atoms with Gasteiger partial charge in [0.15, 0.2) is 23.9 Å². The maximum Gasteiger partial charge on any atom is 0.490 e. The van der Waals surface area contributed by atoms with Gasteiger partial charge in [0.2, 0.25) is 5.28 Å². The molecule has 1 aliphatic heterocycles. The van der Waals surface area contributed by atoms with E-state index in [4.69, 9.17) is 31.3 Å². The van der Waals surface area contributed by atoms with Crippen molar-refractivity contribution in [2.75, 3.05) is 12.3 Å². The van der Waals surface area contributed by atoms with Crippen LogP contribution < -0.4 is 15.3 Å². The van der Waals surface area contributed by atoms with Crippen LogP contribution >= 0.6 is 35.0 Å². The molecule has 8 atom stereocenters. The van der Waals surface area contributed by atoms with Gasteiger partial charge < -0.3 is 34.6 Å². The third-order valence-electron chi connectivity index (χ3n) is 5.83. The number of fused-ring (bicyclic) bond motifs is 1. The van der Waals surface area contributed by atoms with E-state index < -0.39 is 72.7 Å². The van der Waals surface area contributed by atoms with Gasteiger partial charge in [-0.2, -0.15) is 23.7 Å². The summed E-state index contributed by atoms with van der Waals surface area (Å²) in [5.41, 5.74) is 5.75. The number of aliphatic hydroxyl groups is 1. The van der Waals surface area contributed by atoms with Gasteiger partial charge in [0, 0.05) is 0 Å². The van der Waals surface area contributed by atoms with E-state index in [0.29, 0.717) is 0 Å². The number of aliphatic hydroxyl groups excluding tert-OH is 1. The summed E-state index contributed by atoms with van der Waals surface area (Å²) >= 11 is 5.82. The second kappa shape index (κ2) is 14.3. The summed E-state index contributed by atoms with van der Waals surface area (Å²) in [6.07, 6.45) is -6.84. The minimum absolute atomic E-state index is 0.0454. The molecule has 6 N–H and O–H groups in total. The van der Waals surface area contributed by atoms with Crippen molar-refractivity contribution in [3.05, 3.63) is 41.9 Å². The zero-order valence-electron chi connectivity index (χ0n) is 24.0. The van der Waals surface area contributed by atoms with Crippen molar-refractivity contribution in [1.82, 2.24) is 24.6 Å². The number of carbonyl (C=O) groups excluding carboxylic acids is 1. The molecule has 0 aliphatic carbocycles. The number of esters is 1. The van der Waals surface area contributed by atoms with Crippen molar-refractivity contribution < 1.29 is 64.9 Å². The molecule has 0 saturated carbocycles. The largest absolute Gasteiger partial charge is 0.490 e. The summed E-state index contributed by atoms with van der Waals surface area (Å²) < 4.78 is 84.2. The number of benzene rings is 1. The van der Waals surface area contributed by atoms with Crippen molar-refractivity contribution >= 4 is 57.9 Å². The molecule has 4 rings (SSSR count). The molecular formula is C22H29ClFN6O13P3. The first-order chi connectivity index (χ1) is 21.4. The average Bonchev–Trinajstić information content (AvgIpc) is 3.46. The first kappa shape index (κ1) is 36.3. The Morgan fingerprint density at radius 3 is 2.48 bits per heavy atom. The normalized spacial score (nSPS) is 24.6. The van der Waals surface area contributed by atoms with E-state index in [1.54, 1.807) is 19.9 Å². The Labute approximate surface area is 264 Å². The van der Waals surface area contributed by atoms with Crippen LogP contribution in [-0.4, -0.2) is 77.5 Å². The molecule has 1 aliphatic rings. The highest BCUT2D eigenvalue weighted by atomic mass is 35.5. The second-order valence-corrected chi connectivity index (χ2v) is 15.0. The lowest BCUT2D eigenvalue weighted by Gasteiger charge is -2.25. The van der Waals surface area contributed by atoms with Gasteiger partial charge in [-0.05, 0) is 44.5 Å². The number of nitrogens with zero attached hydrogens (tertiary/aromatic N) is 4. The number of imidazole rings is 1. The van der Waals surface area contributed by atoms with Gasteiger partial charge in [-0.3, -0.25) is 13.9 Å². The SMILES string of the molecule is CC(C)OC(=O)[C@H](C)NP(=O)(Oc1ccccc1)OP(=O)(O)OP(=O)(O)OC[C@H]1O[C@@H](n2cnc3c(N)nc(Cl)nc32)[C@@H](F)[C@@H]1O. The lowest BCUT2D eigenvalue weighted by Crippen LogP contribution is -2.36. The van der Waals surface area contributed by atoms with E-state index in [-0.39, 0.29) is 28.0 Å². The zero-order chi connectivity index (χ0) is 34.0. The van der Waals surface area contributed by atoms with Gasteiger partial charge in [-0.25, -0.2) is 23.1 Å². The Bertz CT molecular complexity index is 1700. The van der Waals surface area contributed by atoms with Crippen molar-refractivity contribution in [2.45, 2.75) is 57.5 Å². The number of nitrogen functional groups attached to an aromatic ring is 1. The minimum Gasteiger partial charge on any atom is -0.462 e. The Morgan fingerprint density at radius 2 is 1.83 bits per heavy atom. The highest BCUT2D eigenvalue weighted by Gasteiger charge is 2.49. The number of ether oxygens (including phenoxy) is 2. The van der Waals surface area contributed by atoms with Crippen LogP contribution in [0.25, 0.3) is 11.2 Å². The summed E-state index contributed by atoms with van der Waals surface area (Å²) in [6.45, 7) is 3.20. The number of carbonyl (C=O) groups is 1. The smallest absolute Gasteiger partial charge is 0.462 e. The average molecular weight is 733 g/mol. The van der Waals surface area contributed by atoms with E-state index in [1.165, 1.54) is 31.2 Å². The Balaban J connectivity index is 1.44. The van der Waals surface area contributed by atoms with Gasteiger partial charge in [-0.1, -0.05) is 18.2 Å². The molecule has 0 amide bonds. The van der Waals surface area contributed by atoms with E-state index >= 15 is 4.39 Å². The number of phosphoric ester groups is 1. The fourth-order valence-corrected chi connectivity index (χ4v) is 8.51. The topological polar surface area (TPSA) is 266 Å². The van der Waals surface area contributed by atoms with Crippen molar-refractivity contribution in [1.29, 1.82) is 0 Å². The first-order valence-corrected chi connectivity index (χ1v) is 18.0. The number of nitrogens with two attached hydrogens (primary N) is 1. The fourth-order valence-electron chi connectivity index (χ4n) is 3.95. The van der Waals surface area contributed by atoms with Crippen LogP contribution in [0.4, 0.5) is 10.2 Å². The number of rotatable bonds is 14. The second-order valence-electron chi connectivity index (χ2n) is 9.84. The number of hydrogen-bond acceptors (Lipinski definition) is 15. The van der Waals surface area contributed by atoms with E-state index in [1.807, 2.05) is 0 Å². The molecule has 46 heavy (non-hydrogen) atoms. The summed E-state index contributed by atoms with van der Waals surface area (Å²) in [7, 11) is -16.5. The number of phosphoric acid groups is 2. The predicted octanol–water partition coefficient (Wildman–Crippen LogP) is 3.03. The lowest BCUT2D eigenvalue weighted by molar-refractivity contribution is -0.149. The minimum atomic E-state index is -5.83. The zero-order valence-corrected chi connectivity index (χ0v) is 27.5. The summed E-state index contributed by atoms with van der Waals surface area (Å²) in [6, 6.07) is 5.63. The molecule has 254 valence electrons. The predicted molar refractivity (Wildman–Crippen MR) is 156 cm³/mol. The molecule has 0 spiro atoms. The monoisotopic (exact) mass is 732 g/mol. The molecule has 1 saturated heterocycles. The van der Waals surface area contributed by atoms with Crippen LogP contribution in [0.5, 0.6) is 5.75 Å². The maximum absolute atomic E-state index is 15.1.